The molecule has 1 saturated heterocycles. The zero-order valence-electron chi connectivity index (χ0n) is 18.6. The molecule has 1 aliphatic heterocycles. The lowest BCUT2D eigenvalue weighted by atomic mass is 10.1. The summed E-state index contributed by atoms with van der Waals surface area (Å²) in [7, 11) is 0. The number of rotatable bonds is 8. The fraction of sp³-hybridized carbons (Fsp3) is 0.375. The molecule has 0 unspecified atom stereocenters. The normalized spacial score (nSPS) is 16.6. The highest BCUT2D eigenvalue weighted by Crippen LogP contribution is 2.27. The van der Waals surface area contributed by atoms with Gasteiger partial charge in [0.25, 0.3) is 5.91 Å². The number of hydrogen-bond donors (Lipinski definition) is 3. The predicted molar refractivity (Wildman–Crippen MR) is 122 cm³/mol. The third kappa shape index (κ3) is 6.31. The molecular weight excluding hydrogens is 410 g/mol. The van der Waals surface area contributed by atoms with Crippen molar-refractivity contribution in [2.45, 2.75) is 33.3 Å². The molecule has 0 radical (unpaired) electrons. The first kappa shape index (κ1) is 23.3. The van der Waals surface area contributed by atoms with Crippen molar-refractivity contribution in [2.75, 3.05) is 29.9 Å². The Morgan fingerprint density at radius 1 is 1.16 bits per heavy atom. The molecule has 3 amide bonds. The molecule has 0 bridgehead atoms. The third-order valence-corrected chi connectivity index (χ3v) is 5.09. The summed E-state index contributed by atoms with van der Waals surface area (Å²) in [5.74, 6) is -0.589. The molecule has 0 aromatic heterocycles. The van der Waals surface area contributed by atoms with Gasteiger partial charge in [0, 0.05) is 30.9 Å². The van der Waals surface area contributed by atoms with Gasteiger partial charge in [-0.3, -0.25) is 14.4 Å². The third-order valence-electron chi connectivity index (χ3n) is 5.09. The average molecular weight is 440 g/mol. The van der Waals surface area contributed by atoms with Crippen LogP contribution in [0.1, 0.15) is 24.5 Å². The molecule has 8 nitrogen and oxygen atoms in total. The molecule has 1 fully saturated rings. The number of nitrogens with one attached hydrogen (secondary N) is 2. The smallest absolute Gasteiger partial charge is 0.262 e. The van der Waals surface area contributed by atoms with E-state index in [4.69, 9.17) is 4.74 Å². The Kier molecular flexibility index (Phi) is 7.48. The minimum Gasteiger partial charge on any atom is -0.484 e. The van der Waals surface area contributed by atoms with Gasteiger partial charge in [0.1, 0.15) is 5.75 Å². The Hall–Kier alpha value is -3.39. The molecule has 0 aliphatic carbocycles. The van der Waals surface area contributed by atoms with Gasteiger partial charge in [0.2, 0.25) is 11.8 Å². The zero-order chi connectivity index (χ0) is 23.3. The minimum absolute atomic E-state index is 0.127. The Balaban J connectivity index is 1.52. The summed E-state index contributed by atoms with van der Waals surface area (Å²) in [5.41, 5.74) is 3.52. The molecule has 32 heavy (non-hydrogen) atoms. The number of carbonyl (C=O) groups excluding carboxylic acids is 3. The van der Waals surface area contributed by atoms with Gasteiger partial charge in [-0.1, -0.05) is 6.07 Å². The van der Waals surface area contributed by atoms with E-state index in [1.165, 1.54) is 0 Å². The molecule has 3 rings (SSSR count). The summed E-state index contributed by atoms with van der Waals surface area (Å²) >= 11 is 0. The van der Waals surface area contributed by atoms with Crippen LogP contribution in [0.15, 0.2) is 42.5 Å². The summed E-state index contributed by atoms with van der Waals surface area (Å²) in [5, 5.41) is 14.8. The maximum atomic E-state index is 12.4. The Morgan fingerprint density at radius 2 is 1.81 bits per heavy atom. The van der Waals surface area contributed by atoms with Crippen molar-refractivity contribution in [1.29, 1.82) is 0 Å². The van der Waals surface area contributed by atoms with E-state index in [-0.39, 0.29) is 43.8 Å². The first-order chi connectivity index (χ1) is 15.2. The van der Waals surface area contributed by atoms with Crippen LogP contribution in [0, 0.1) is 19.8 Å². The highest BCUT2D eigenvalue weighted by atomic mass is 16.5. The fourth-order valence-corrected chi connectivity index (χ4v) is 3.64. The number of hydrogen-bond acceptors (Lipinski definition) is 5. The highest BCUT2D eigenvalue weighted by Gasteiger charge is 2.35. The molecule has 3 N–H and O–H groups in total. The summed E-state index contributed by atoms with van der Waals surface area (Å²) < 4.78 is 5.56. The second kappa shape index (κ2) is 10.3. The standard InChI is InChI=1S/C24H29N3O5/c1-15-8-16(2)10-19(9-15)26-22(29)14-32-21-6-4-20(5-7-21)27-13-18(11-23(27)30)24(31)25-12-17(3)28/h4-10,17-18,28H,11-14H2,1-3H3,(H,25,31)(H,26,29)/t17-,18+/m0/s1. The summed E-state index contributed by atoms with van der Waals surface area (Å²) in [6.07, 6.45) is -0.509. The molecule has 2 atom stereocenters. The quantitative estimate of drug-likeness (QED) is 0.584. The van der Waals surface area contributed by atoms with E-state index >= 15 is 0 Å². The fourth-order valence-electron chi connectivity index (χ4n) is 3.64. The number of carbonyl (C=O) groups is 3. The number of anilines is 2. The van der Waals surface area contributed by atoms with Gasteiger partial charge in [0.05, 0.1) is 12.0 Å². The van der Waals surface area contributed by atoms with Gasteiger partial charge in [-0.2, -0.15) is 0 Å². The van der Waals surface area contributed by atoms with Crippen molar-refractivity contribution in [3.63, 3.8) is 0 Å². The molecule has 0 saturated carbocycles. The molecule has 0 spiro atoms. The Labute approximate surface area is 187 Å². The summed E-state index contributed by atoms with van der Waals surface area (Å²) in [4.78, 5) is 38.3. The lowest BCUT2D eigenvalue weighted by molar-refractivity contribution is -0.126. The maximum Gasteiger partial charge on any atom is 0.262 e. The van der Waals surface area contributed by atoms with E-state index in [1.807, 2.05) is 32.0 Å². The second-order valence-corrected chi connectivity index (χ2v) is 8.21. The molecule has 1 heterocycles. The van der Waals surface area contributed by atoms with Crippen LogP contribution in [-0.2, 0) is 14.4 Å². The predicted octanol–water partition coefficient (Wildman–Crippen LogP) is 2.17. The topological polar surface area (TPSA) is 108 Å². The number of amides is 3. The zero-order valence-corrected chi connectivity index (χ0v) is 18.6. The van der Waals surface area contributed by atoms with Crippen LogP contribution in [0.4, 0.5) is 11.4 Å². The van der Waals surface area contributed by atoms with E-state index in [9.17, 15) is 19.5 Å². The van der Waals surface area contributed by atoms with Crippen LogP contribution < -0.4 is 20.3 Å². The number of aliphatic hydroxyl groups excluding tert-OH is 1. The van der Waals surface area contributed by atoms with Gasteiger partial charge in [-0.05, 0) is 68.3 Å². The van der Waals surface area contributed by atoms with Crippen molar-refractivity contribution >= 4 is 29.1 Å². The number of aliphatic hydroxyl groups is 1. The van der Waals surface area contributed by atoms with Crippen LogP contribution in [0.5, 0.6) is 5.75 Å². The van der Waals surface area contributed by atoms with Crippen LogP contribution in [0.3, 0.4) is 0 Å². The van der Waals surface area contributed by atoms with Gasteiger partial charge >= 0.3 is 0 Å². The first-order valence-corrected chi connectivity index (χ1v) is 10.6. The molecule has 170 valence electrons. The van der Waals surface area contributed by atoms with Crippen LogP contribution in [0.2, 0.25) is 0 Å². The van der Waals surface area contributed by atoms with Gasteiger partial charge < -0.3 is 25.4 Å². The molecule has 8 heteroatoms. The van der Waals surface area contributed by atoms with Gasteiger partial charge in [0.15, 0.2) is 6.61 Å². The minimum atomic E-state index is -0.636. The Morgan fingerprint density at radius 3 is 2.44 bits per heavy atom. The number of ether oxygens (including phenoxy) is 1. The number of aryl methyl sites for hydroxylation is 2. The van der Waals surface area contributed by atoms with Crippen molar-refractivity contribution in [2.24, 2.45) is 5.92 Å². The molecule has 1 aliphatic rings. The number of nitrogens with zero attached hydrogens (tertiary/aromatic N) is 1. The lowest BCUT2D eigenvalue weighted by Crippen LogP contribution is -2.36. The monoisotopic (exact) mass is 439 g/mol. The van der Waals surface area contributed by atoms with Crippen LogP contribution >= 0.6 is 0 Å². The van der Waals surface area contributed by atoms with E-state index in [2.05, 4.69) is 10.6 Å². The van der Waals surface area contributed by atoms with E-state index in [0.717, 1.165) is 16.8 Å². The van der Waals surface area contributed by atoms with E-state index in [0.29, 0.717) is 11.4 Å². The Bertz CT molecular complexity index is 967. The summed E-state index contributed by atoms with van der Waals surface area (Å²) in [6.45, 7) is 5.82. The SMILES string of the molecule is Cc1cc(C)cc(NC(=O)COc2ccc(N3C[C@H](C(=O)NC[C@H](C)O)CC3=O)cc2)c1. The van der Waals surface area contributed by atoms with Crippen molar-refractivity contribution < 1.29 is 24.2 Å². The van der Waals surface area contributed by atoms with Crippen molar-refractivity contribution in [1.82, 2.24) is 5.32 Å². The van der Waals surface area contributed by atoms with E-state index in [1.54, 1.807) is 36.1 Å². The van der Waals surface area contributed by atoms with Crippen LogP contribution in [0.25, 0.3) is 0 Å². The average Bonchev–Trinajstić information content (AvgIpc) is 3.12. The molecule has 2 aromatic rings. The van der Waals surface area contributed by atoms with Crippen molar-refractivity contribution in [3.8, 4) is 5.75 Å². The largest absolute Gasteiger partial charge is 0.484 e. The maximum absolute atomic E-state index is 12.4. The first-order valence-electron chi connectivity index (χ1n) is 10.6. The molecule has 2 aromatic carbocycles. The highest BCUT2D eigenvalue weighted by molar-refractivity contribution is 6.00. The van der Waals surface area contributed by atoms with E-state index < -0.39 is 12.0 Å². The second-order valence-electron chi connectivity index (χ2n) is 8.21. The van der Waals surface area contributed by atoms with Crippen LogP contribution in [-0.4, -0.2) is 48.6 Å². The van der Waals surface area contributed by atoms with Gasteiger partial charge in [-0.25, -0.2) is 0 Å². The summed E-state index contributed by atoms with van der Waals surface area (Å²) in [6, 6.07) is 12.6. The lowest BCUT2D eigenvalue weighted by Gasteiger charge is -2.17. The number of benzene rings is 2. The molecular formula is C24H29N3O5. The van der Waals surface area contributed by atoms with Gasteiger partial charge in [-0.15, -0.1) is 0 Å². The van der Waals surface area contributed by atoms with Crippen molar-refractivity contribution in [3.05, 3.63) is 53.6 Å².